The monoisotopic (exact) mass is 298 g/mol. The lowest BCUT2D eigenvalue weighted by Gasteiger charge is -2.50. The summed E-state index contributed by atoms with van der Waals surface area (Å²) < 4.78 is 25.1. The van der Waals surface area contributed by atoms with Gasteiger partial charge in [-0.1, -0.05) is 13.8 Å². The molecule has 1 heterocycles. The van der Waals surface area contributed by atoms with E-state index in [9.17, 15) is 13.5 Å². The van der Waals surface area contributed by atoms with Crippen LogP contribution < -0.4 is 4.90 Å². The lowest BCUT2D eigenvalue weighted by Crippen LogP contribution is -2.64. The van der Waals surface area contributed by atoms with Crippen LogP contribution in [0.2, 0.25) is 0 Å². The number of rotatable bonds is 4. The number of benzene rings is 1. The van der Waals surface area contributed by atoms with Crippen LogP contribution in [-0.4, -0.2) is 50.6 Å². The molecule has 0 bridgehead atoms. The van der Waals surface area contributed by atoms with Crippen molar-refractivity contribution < 1.29 is 13.5 Å². The van der Waals surface area contributed by atoms with E-state index in [2.05, 4.69) is 0 Å². The van der Waals surface area contributed by atoms with Crippen molar-refractivity contribution in [3.63, 3.8) is 0 Å². The van der Waals surface area contributed by atoms with Gasteiger partial charge in [0.05, 0.1) is 4.90 Å². The molecule has 1 aromatic carbocycles. The van der Waals surface area contributed by atoms with Crippen LogP contribution in [0.15, 0.2) is 29.2 Å². The van der Waals surface area contributed by atoms with Crippen molar-refractivity contribution in [2.75, 3.05) is 32.1 Å². The minimum Gasteiger partial charge on any atom is -0.386 e. The number of hydrogen-bond acceptors (Lipinski definition) is 4. The summed E-state index contributed by atoms with van der Waals surface area (Å²) in [5, 5.41) is 10.2. The molecule has 6 heteroatoms. The third-order valence-electron chi connectivity index (χ3n) is 3.98. The Kier molecular flexibility index (Phi) is 3.83. The Morgan fingerprint density at radius 1 is 1.20 bits per heavy atom. The molecule has 5 nitrogen and oxygen atoms in total. The second kappa shape index (κ2) is 5.02. The predicted octanol–water partition coefficient (Wildman–Crippen LogP) is 1.14. The third-order valence-corrected chi connectivity index (χ3v) is 5.81. The highest BCUT2D eigenvalue weighted by atomic mass is 32.2. The second-order valence-corrected chi connectivity index (χ2v) is 8.05. The smallest absolute Gasteiger partial charge is 0.242 e. The zero-order valence-corrected chi connectivity index (χ0v) is 13.2. The zero-order valence-electron chi connectivity index (χ0n) is 12.4. The van der Waals surface area contributed by atoms with E-state index in [-0.39, 0.29) is 10.8 Å². The van der Waals surface area contributed by atoms with Crippen LogP contribution in [0.3, 0.4) is 0 Å². The highest BCUT2D eigenvalue weighted by Crippen LogP contribution is 2.33. The maximum Gasteiger partial charge on any atom is 0.242 e. The van der Waals surface area contributed by atoms with E-state index in [1.165, 1.54) is 18.4 Å². The molecule has 0 aliphatic carbocycles. The fourth-order valence-electron chi connectivity index (χ4n) is 2.20. The third kappa shape index (κ3) is 2.55. The van der Waals surface area contributed by atoms with Gasteiger partial charge in [-0.05, 0) is 30.2 Å². The minimum absolute atomic E-state index is 0.215. The van der Waals surface area contributed by atoms with Crippen LogP contribution in [0.5, 0.6) is 0 Å². The van der Waals surface area contributed by atoms with E-state index < -0.39 is 15.6 Å². The van der Waals surface area contributed by atoms with Crippen LogP contribution in [0.25, 0.3) is 0 Å². The molecule has 0 spiro atoms. The average Bonchev–Trinajstić information content (AvgIpc) is 2.34. The van der Waals surface area contributed by atoms with Gasteiger partial charge < -0.3 is 10.0 Å². The quantitative estimate of drug-likeness (QED) is 0.905. The van der Waals surface area contributed by atoms with Crippen molar-refractivity contribution >= 4 is 15.7 Å². The van der Waals surface area contributed by atoms with Crippen LogP contribution >= 0.6 is 0 Å². The molecule has 0 unspecified atom stereocenters. The van der Waals surface area contributed by atoms with E-state index >= 15 is 0 Å². The molecule has 2 rings (SSSR count). The highest BCUT2D eigenvalue weighted by Gasteiger charge is 2.43. The zero-order chi connectivity index (χ0) is 15.1. The van der Waals surface area contributed by atoms with Crippen molar-refractivity contribution in [3.8, 4) is 0 Å². The van der Waals surface area contributed by atoms with Crippen molar-refractivity contribution in [2.24, 2.45) is 5.92 Å². The van der Waals surface area contributed by atoms with Gasteiger partial charge >= 0.3 is 0 Å². The predicted molar refractivity (Wildman–Crippen MR) is 79.3 cm³/mol. The molecule has 0 atom stereocenters. The Labute approximate surface area is 120 Å². The number of nitrogens with zero attached hydrogens (tertiary/aromatic N) is 2. The Bertz CT molecular complexity index is 573. The summed E-state index contributed by atoms with van der Waals surface area (Å²) in [5.74, 6) is 0.215. The molecule has 1 N–H and O–H groups in total. The summed E-state index contributed by atoms with van der Waals surface area (Å²) in [7, 11) is -0.348. The van der Waals surface area contributed by atoms with Gasteiger partial charge in [0.1, 0.15) is 5.60 Å². The lowest BCUT2D eigenvalue weighted by molar-refractivity contribution is -0.0300. The van der Waals surface area contributed by atoms with E-state index in [1.54, 1.807) is 24.3 Å². The summed E-state index contributed by atoms with van der Waals surface area (Å²) in [6.45, 7) is 5.18. The molecule has 0 radical (unpaired) electrons. The molecule has 112 valence electrons. The number of hydrogen-bond donors (Lipinski definition) is 1. The maximum atomic E-state index is 12.0. The molecular formula is C14H22N2O3S. The van der Waals surface area contributed by atoms with Gasteiger partial charge in [-0.15, -0.1) is 0 Å². The molecule has 0 amide bonds. The van der Waals surface area contributed by atoms with Crippen molar-refractivity contribution in [1.82, 2.24) is 4.31 Å². The van der Waals surface area contributed by atoms with Gasteiger partial charge in [-0.25, -0.2) is 12.7 Å². The van der Waals surface area contributed by atoms with Gasteiger partial charge in [-0.2, -0.15) is 0 Å². The molecule has 1 aliphatic heterocycles. The fraction of sp³-hybridized carbons (Fsp3) is 0.571. The molecule has 1 fully saturated rings. The Balaban J connectivity index is 2.12. The normalized spacial score (nSPS) is 18.4. The molecule has 0 saturated carbocycles. The van der Waals surface area contributed by atoms with E-state index in [0.29, 0.717) is 13.1 Å². The van der Waals surface area contributed by atoms with Gasteiger partial charge in [-0.3, -0.25) is 0 Å². The first-order valence-corrected chi connectivity index (χ1v) is 8.11. The maximum absolute atomic E-state index is 12.0. The molecule has 1 aliphatic rings. The number of aliphatic hydroxyl groups is 1. The van der Waals surface area contributed by atoms with Gasteiger partial charge in [0.15, 0.2) is 0 Å². The Morgan fingerprint density at radius 2 is 1.70 bits per heavy atom. The molecule has 20 heavy (non-hydrogen) atoms. The largest absolute Gasteiger partial charge is 0.386 e. The second-order valence-electron chi connectivity index (χ2n) is 5.90. The summed E-state index contributed by atoms with van der Waals surface area (Å²) in [6.07, 6.45) is 0. The number of sulfonamides is 1. The van der Waals surface area contributed by atoms with Crippen LogP contribution in [0.1, 0.15) is 13.8 Å². The lowest BCUT2D eigenvalue weighted by atomic mass is 9.83. The molecule has 1 saturated heterocycles. The average molecular weight is 298 g/mol. The summed E-state index contributed by atoms with van der Waals surface area (Å²) >= 11 is 0. The first kappa shape index (κ1) is 15.3. The summed E-state index contributed by atoms with van der Waals surface area (Å²) in [6, 6.07) is 6.79. The van der Waals surface area contributed by atoms with Gasteiger partial charge in [0.25, 0.3) is 0 Å². The van der Waals surface area contributed by atoms with E-state index in [0.717, 1.165) is 5.69 Å². The van der Waals surface area contributed by atoms with Gasteiger partial charge in [0, 0.05) is 32.9 Å². The van der Waals surface area contributed by atoms with Crippen molar-refractivity contribution in [3.05, 3.63) is 24.3 Å². The van der Waals surface area contributed by atoms with Crippen molar-refractivity contribution in [2.45, 2.75) is 24.3 Å². The molecule has 1 aromatic rings. The SMILES string of the molecule is CC(C)C1(O)CN(c2ccc(S(=O)(=O)N(C)C)cc2)C1. The fourth-order valence-corrected chi connectivity index (χ4v) is 3.10. The first-order valence-electron chi connectivity index (χ1n) is 6.67. The van der Waals surface area contributed by atoms with Crippen LogP contribution in [0, 0.1) is 5.92 Å². The first-order chi connectivity index (χ1) is 9.17. The van der Waals surface area contributed by atoms with E-state index in [4.69, 9.17) is 0 Å². The minimum atomic E-state index is -3.38. The topological polar surface area (TPSA) is 60.9 Å². The summed E-state index contributed by atoms with van der Waals surface area (Å²) in [5.41, 5.74) is 0.307. The Morgan fingerprint density at radius 3 is 2.10 bits per heavy atom. The summed E-state index contributed by atoms with van der Waals surface area (Å²) in [4.78, 5) is 2.33. The van der Waals surface area contributed by atoms with Gasteiger partial charge in [0.2, 0.25) is 10.0 Å². The van der Waals surface area contributed by atoms with E-state index in [1.807, 2.05) is 18.7 Å². The van der Waals surface area contributed by atoms with Crippen LogP contribution in [0.4, 0.5) is 5.69 Å². The van der Waals surface area contributed by atoms with Crippen LogP contribution in [-0.2, 0) is 10.0 Å². The standard InChI is InChI=1S/C14H22N2O3S/c1-11(2)14(17)9-16(10-14)12-5-7-13(8-6-12)20(18,19)15(3)4/h5-8,11,17H,9-10H2,1-4H3. The number of β-amino-alcohol motifs (C(OH)–C–C–N with tert-alkyl or cyclic N) is 1. The van der Waals surface area contributed by atoms with Crippen molar-refractivity contribution in [1.29, 1.82) is 0 Å². The Hall–Kier alpha value is -1.11. The number of anilines is 1. The molecular weight excluding hydrogens is 276 g/mol. The molecule has 0 aromatic heterocycles. The highest BCUT2D eigenvalue weighted by molar-refractivity contribution is 7.89.